The Morgan fingerprint density at radius 2 is 1.87 bits per heavy atom. The lowest BCUT2D eigenvalue weighted by molar-refractivity contribution is 0.0951. The van der Waals surface area contributed by atoms with Crippen LogP contribution in [0.25, 0.3) is 5.69 Å². The first-order valence-corrected chi connectivity index (χ1v) is 10.0. The molecule has 1 fully saturated rings. The molecular weight excluding hydrogens is 427 g/mol. The predicted octanol–water partition coefficient (Wildman–Crippen LogP) is 4.33. The number of rotatable bonds is 6. The summed E-state index contributed by atoms with van der Waals surface area (Å²) in [6.45, 7) is 0. The zero-order valence-electron chi connectivity index (χ0n) is 16.0. The molecule has 2 aromatic carbocycles. The van der Waals surface area contributed by atoms with Gasteiger partial charge < -0.3 is 15.4 Å². The Labute approximate surface area is 182 Å². The van der Waals surface area contributed by atoms with Crippen LogP contribution in [0.4, 0.5) is 5.69 Å². The third-order valence-corrected chi connectivity index (χ3v) is 5.36. The molecule has 4 rings (SSSR count). The Morgan fingerprint density at radius 1 is 1.07 bits per heavy atom. The molecule has 154 valence electrons. The van der Waals surface area contributed by atoms with E-state index in [0.29, 0.717) is 32.7 Å². The minimum Gasteiger partial charge on any atom is -0.497 e. The van der Waals surface area contributed by atoms with E-state index in [0.717, 1.165) is 12.8 Å². The van der Waals surface area contributed by atoms with Crippen LogP contribution < -0.4 is 15.4 Å². The third kappa shape index (κ3) is 4.42. The van der Waals surface area contributed by atoms with Crippen molar-refractivity contribution >= 4 is 40.7 Å². The number of nitrogens with one attached hydrogen (secondary N) is 2. The molecule has 2 amide bonds. The highest BCUT2D eigenvalue weighted by Crippen LogP contribution is 2.26. The van der Waals surface area contributed by atoms with Gasteiger partial charge in [-0.1, -0.05) is 23.2 Å². The molecule has 1 heterocycles. The van der Waals surface area contributed by atoms with Crippen LogP contribution in [0.2, 0.25) is 10.0 Å². The summed E-state index contributed by atoms with van der Waals surface area (Å²) in [5.74, 6) is -0.176. The molecule has 0 radical (unpaired) electrons. The van der Waals surface area contributed by atoms with Crippen LogP contribution in [0.1, 0.15) is 33.7 Å². The smallest absolute Gasteiger partial charge is 0.276 e. The van der Waals surface area contributed by atoms with E-state index in [1.165, 1.54) is 11.8 Å². The number of carbonyl (C=O) groups is 2. The zero-order chi connectivity index (χ0) is 21.3. The molecule has 0 bridgehead atoms. The summed E-state index contributed by atoms with van der Waals surface area (Å²) in [4.78, 5) is 25.3. The maximum atomic E-state index is 12.7. The van der Waals surface area contributed by atoms with Gasteiger partial charge in [-0.05, 0) is 55.3 Å². The standard InChI is InChI=1S/C21H18Cl2N4O3/c1-30-14-5-7-18(15(11-14)20(28)24-12-2-3-12)25-21(29)19-8-9-27(26-19)13-4-6-16(22)17(23)10-13/h4-12H,2-3H2,1H3,(H,24,28)(H,25,29). The molecule has 9 heteroatoms. The van der Waals surface area contributed by atoms with E-state index in [9.17, 15) is 9.59 Å². The number of methoxy groups -OCH3 is 1. The Morgan fingerprint density at radius 3 is 2.57 bits per heavy atom. The molecule has 30 heavy (non-hydrogen) atoms. The van der Waals surface area contributed by atoms with E-state index in [1.807, 2.05) is 0 Å². The topological polar surface area (TPSA) is 85.2 Å². The second-order valence-corrected chi connectivity index (χ2v) is 7.67. The lowest BCUT2D eigenvalue weighted by atomic mass is 10.1. The van der Waals surface area contributed by atoms with Crippen LogP contribution in [0.5, 0.6) is 5.75 Å². The van der Waals surface area contributed by atoms with Crippen LogP contribution in [-0.4, -0.2) is 34.7 Å². The lowest BCUT2D eigenvalue weighted by Crippen LogP contribution is -2.27. The molecular formula is C21H18Cl2N4O3. The van der Waals surface area contributed by atoms with Gasteiger partial charge in [-0.15, -0.1) is 0 Å². The summed E-state index contributed by atoms with van der Waals surface area (Å²) in [5.41, 5.74) is 1.56. The first-order chi connectivity index (χ1) is 14.4. The molecule has 7 nitrogen and oxygen atoms in total. The van der Waals surface area contributed by atoms with Crippen LogP contribution in [0.15, 0.2) is 48.7 Å². The number of hydrogen-bond acceptors (Lipinski definition) is 4. The third-order valence-electron chi connectivity index (χ3n) is 4.62. The largest absolute Gasteiger partial charge is 0.497 e. The predicted molar refractivity (Wildman–Crippen MR) is 115 cm³/mol. The number of aromatic nitrogens is 2. The Balaban J connectivity index is 1.55. The molecule has 1 saturated carbocycles. The number of amides is 2. The van der Waals surface area contributed by atoms with E-state index in [4.69, 9.17) is 27.9 Å². The van der Waals surface area contributed by atoms with Crippen molar-refractivity contribution in [3.8, 4) is 11.4 Å². The van der Waals surface area contributed by atoms with E-state index < -0.39 is 5.91 Å². The molecule has 0 atom stereocenters. The second kappa shape index (κ2) is 8.38. The average Bonchev–Trinajstić information content (AvgIpc) is 3.41. The van der Waals surface area contributed by atoms with Gasteiger partial charge >= 0.3 is 0 Å². The van der Waals surface area contributed by atoms with E-state index in [-0.39, 0.29) is 17.6 Å². The quantitative estimate of drug-likeness (QED) is 0.592. The van der Waals surface area contributed by atoms with Crippen LogP contribution in [0.3, 0.4) is 0 Å². The van der Waals surface area contributed by atoms with Gasteiger partial charge in [0.25, 0.3) is 11.8 Å². The van der Waals surface area contributed by atoms with Crippen LogP contribution >= 0.6 is 23.2 Å². The number of anilines is 1. The Hall–Kier alpha value is -3.03. The highest BCUT2D eigenvalue weighted by atomic mass is 35.5. The Bertz CT molecular complexity index is 1130. The number of ether oxygens (including phenoxy) is 1. The molecule has 1 aromatic heterocycles. The van der Waals surface area contributed by atoms with E-state index >= 15 is 0 Å². The minimum absolute atomic E-state index is 0.186. The summed E-state index contributed by atoms with van der Waals surface area (Å²) in [5, 5.41) is 10.8. The summed E-state index contributed by atoms with van der Waals surface area (Å²) in [6, 6.07) is 11.7. The van der Waals surface area contributed by atoms with E-state index in [1.54, 1.807) is 48.7 Å². The number of carbonyl (C=O) groups excluding carboxylic acids is 2. The van der Waals surface area contributed by atoms with Crippen molar-refractivity contribution in [2.24, 2.45) is 0 Å². The number of nitrogens with zero attached hydrogens (tertiary/aromatic N) is 2. The number of hydrogen-bond donors (Lipinski definition) is 2. The van der Waals surface area contributed by atoms with Crippen molar-refractivity contribution in [1.82, 2.24) is 15.1 Å². The van der Waals surface area contributed by atoms with Crippen molar-refractivity contribution in [3.05, 3.63) is 70.0 Å². The van der Waals surface area contributed by atoms with Crippen molar-refractivity contribution in [1.29, 1.82) is 0 Å². The van der Waals surface area contributed by atoms with Gasteiger partial charge in [0.05, 0.1) is 34.1 Å². The average molecular weight is 445 g/mol. The summed E-state index contributed by atoms with van der Waals surface area (Å²) >= 11 is 12.0. The number of halogens is 2. The SMILES string of the molecule is COc1ccc(NC(=O)c2ccn(-c3ccc(Cl)c(Cl)c3)n2)c(C(=O)NC2CC2)c1. The normalized spacial score (nSPS) is 13.0. The van der Waals surface area contributed by atoms with E-state index in [2.05, 4.69) is 15.7 Å². The molecule has 3 aromatic rings. The van der Waals surface area contributed by atoms with Gasteiger partial charge in [0.2, 0.25) is 0 Å². The van der Waals surface area contributed by atoms with Gasteiger partial charge in [0.15, 0.2) is 5.69 Å². The van der Waals surface area contributed by atoms with Crippen molar-refractivity contribution < 1.29 is 14.3 Å². The minimum atomic E-state index is -0.445. The fraction of sp³-hybridized carbons (Fsp3) is 0.190. The van der Waals surface area contributed by atoms with Crippen molar-refractivity contribution in [3.63, 3.8) is 0 Å². The zero-order valence-corrected chi connectivity index (χ0v) is 17.5. The van der Waals surface area contributed by atoms with Crippen LogP contribution in [-0.2, 0) is 0 Å². The monoisotopic (exact) mass is 444 g/mol. The fourth-order valence-electron chi connectivity index (χ4n) is 2.84. The maximum Gasteiger partial charge on any atom is 0.276 e. The number of benzene rings is 2. The maximum absolute atomic E-state index is 12.7. The molecule has 1 aliphatic rings. The molecule has 0 aliphatic heterocycles. The fourth-order valence-corrected chi connectivity index (χ4v) is 3.13. The molecule has 0 spiro atoms. The van der Waals surface area contributed by atoms with Gasteiger partial charge in [0.1, 0.15) is 5.75 Å². The van der Waals surface area contributed by atoms with Gasteiger partial charge in [-0.3, -0.25) is 9.59 Å². The summed E-state index contributed by atoms with van der Waals surface area (Å²) < 4.78 is 6.73. The van der Waals surface area contributed by atoms with Gasteiger partial charge in [0, 0.05) is 12.2 Å². The van der Waals surface area contributed by atoms with Crippen LogP contribution in [0, 0.1) is 0 Å². The highest BCUT2D eigenvalue weighted by molar-refractivity contribution is 6.42. The summed E-state index contributed by atoms with van der Waals surface area (Å²) in [6.07, 6.45) is 3.57. The second-order valence-electron chi connectivity index (χ2n) is 6.86. The highest BCUT2D eigenvalue weighted by Gasteiger charge is 2.25. The first-order valence-electron chi connectivity index (χ1n) is 9.26. The van der Waals surface area contributed by atoms with Crippen molar-refractivity contribution in [2.45, 2.75) is 18.9 Å². The van der Waals surface area contributed by atoms with Gasteiger partial charge in [-0.25, -0.2) is 4.68 Å². The molecule has 2 N–H and O–H groups in total. The van der Waals surface area contributed by atoms with Gasteiger partial charge in [-0.2, -0.15) is 5.10 Å². The first kappa shape index (κ1) is 20.3. The molecule has 0 saturated heterocycles. The summed E-state index contributed by atoms with van der Waals surface area (Å²) in [7, 11) is 1.52. The van der Waals surface area contributed by atoms with Crippen molar-refractivity contribution in [2.75, 3.05) is 12.4 Å². The Kier molecular flexibility index (Phi) is 5.65. The lowest BCUT2D eigenvalue weighted by Gasteiger charge is -2.12. The molecule has 1 aliphatic carbocycles. The molecule has 0 unspecified atom stereocenters.